The molecule has 27 heavy (non-hydrogen) atoms. The molecule has 7 heteroatoms. The van der Waals surface area contributed by atoms with E-state index in [1.807, 2.05) is 42.5 Å². The molecule has 3 aromatic heterocycles. The molecule has 0 spiro atoms. The number of nitrogens with one attached hydrogen (secondary N) is 1. The molecule has 0 aliphatic carbocycles. The molecule has 0 aliphatic heterocycles. The molecule has 4 aromatic rings. The molecule has 5 nitrogen and oxygen atoms in total. The number of aromatic nitrogens is 2. The highest BCUT2D eigenvalue weighted by Gasteiger charge is 2.11. The minimum atomic E-state index is -0.190. The Bertz CT molecular complexity index is 1080. The highest BCUT2D eigenvalue weighted by atomic mass is 35.5. The van der Waals surface area contributed by atoms with E-state index in [4.69, 9.17) is 16.1 Å². The van der Waals surface area contributed by atoms with E-state index in [-0.39, 0.29) is 12.5 Å². The van der Waals surface area contributed by atoms with E-state index < -0.39 is 0 Å². The molecule has 0 bridgehead atoms. The van der Waals surface area contributed by atoms with Crippen LogP contribution in [0.5, 0.6) is 0 Å². The fourth-order valence-corrected chi connectivity index (χ4v) is 3.59. The van der Waals surface area contributed by atoms with Crippen LogP contribution in [-0.2, 0) is 6.54 Å². The molecule has 1 amide bonds. The summed E-state index contributed by atoms with van der Waals surface area (Å²) in [5.74, 6) is 0.389. The average molecular weight is 396 g/mol. The molecule has 0 unspecified atom stereocenters. The van der Waals surface area contributed by atoms with Crippen LogP contribution in [0.4, 0.5) is 0 Å². The van der Waals surface area contributed by atoms with Crippen LogP contribution < -0.4 is 5.32 Å². The van der Waals surface area contributed by atoms with Crippen LogP contribution >= 0.6 is 22.9 Å². The van der Waals surface area contributed by atoms with Crippen molar-refractivity contribution in [2.75, 3.05) is 0 Å². The first-order valence-corrected chi connectivity index (χ1v) is 9.38. The predicted octanol–water partition coefficient (Wildman–Crippen LogP) is 5.05. The topological polar surface area (TPSA) is 68.0 Å². The smallest absolute Gasteiger partial charge is 0.261 e. The van der Waals surface area contributed by atoms with Gasteiger partial charge in [-0.3, -0.25) is 9.78 Å². The van der Waals surface area contributed by atoms with Crippen LogP contribution in [0, 0.1) is 0 Å². The molecule has 4 rings (SSSR count). The molecular formula is C20H14ClN3O2S. The second kappa shape index (κ2) is 7.73. The van der Waals surface area contributed by atoms with E-state index in [1.54, 1.807) is 24.5 Å². The molecule has 0 fully saturated rings. The lowest BCUT2D eigenvalue weighted by atomic mass is 10.0. The lowest BCUT2D eigenvalue weighted by Gasteiger charge is -2.03. The van der Waals surface area contributed by atoms with E-state index in [0.717, 1.165) is 16.7 Å². The highest BCUT2D eigenvalue weighted by molar-refractivity contribution is 7.17. The van der Waals surface area contributed by atoms with Gasteiger partial charge in [0.25, 0.3) is 5.91 Å². The number of carbonyl (C=O) groups excluding carboxylic acids is 1. The van der Waals surface area contributed by atoms with E-state index >= 15 is 0 Å². The fraction of sp³-hybridized carbons (Fsp3) is 0.0500. The van der Waals surface area contributed by atoms with Crippen LogP contribution in [0.3, 0.4) is 0 Å². The molecule has 0 saturated heterocycles. The van der Waals surface area contributed by atoms with Crippen molar-refractivity contribution in [3.8, 4) is 22.4 Å². The summed E-state index contributed by atoms with van der Waals surface area (Å²) in [5.41, 5.74) is 3.81. The quantitative estimate of drug-likeness (QED) is 0.513. The third-order valence-electron chi connectivity index (χ3n) is 3.95. The lowest BCUT2D eigenvalue weighted by Crippen LogP contribution is -2.21. The van der Waals surface area contributed by atoms with Gasteiger partial charge >= 0.3 is 0 Å². The Kier molecular flexibility index (Phi) is 5.00. The van der Waals surface area contributed by atoms with Crippen LogP contribution in [0.15, 0.2) is 71.5 Å². The van der Waals surface area contributed by atoms with Crippen molar-refractivity contribution in [3.63, 3.8) is 0 Å². The van der Waals surface area contributed by atoms with Crippen molar-refractivity contribution in [3.05, 3.63) is 82.0 Å². The van der Waals surface area contributed by atoms with E-state index in [2.05, 4.69) is 15.5 Å². The van der Waals surface area contributed by atoms with Gasteiger partial charge < -0.3 is 9.84 Å². The van der Waals surface area contributed by atoms with Crippen LogP contribution in [-0.4, -0.2) is 16.0 Å². The van der Waals surface area contributed by atoms with E-state index in [1.165, 1.54) is 11.3 Å². The first-order valence-electron chi connectivity index (χ1n) is 8.19. The molecule has 1 N–H and O–H groups in total. The summed E-state index contributed by atoms with van der Waals surface area (Å²) in [7, 11) is 0. The Morgan fingerprint density at radius 2 is 1.85 bits per heavy atom. The van der Waals surface area contributed by atoms with Crippen molar-refractivity contribution < 1.29 is 9.32 Å². The number of hydrogen-bond acceptors (Lipinski definition) is 5. The summed E-state index contributed by atoms with van der Waals surface area (Å²) in [4.78, 5) is 16.7. The zero-order valence-electron chi connectivity index (χ0n) is 14.1. The number of carbonyl (C=O) groups is 1. The number of halogens is 1. The Morgan fingerprint density at radius 3 is 2.63 bits per heavy atom. The second-order valence-corrected chi connectivity index (χ2v) is 7.50. The van der Waals surface area contributed by atoms with Crippen LogP contribution in [0.2, 0.25) is 4.34 Å². The van der Waals surface area contributed by atoms with Crippen molar-refractivity contribution in [2.24, 2.45) is 0 Å². The molecule has 3 heterocycles. The molecule has 0 atom stereocenters. The summed E-state index contributed by atoms with van der Waals surface area (Å²) >= 11 is 7.09. The molecule has 0 saturated carbocycles. The second-order valence-electron chi connectivity index (χ2n) is 5.78. The van der Waals surface area contributed by atoms with Crippen LogP contribution in [0.25, 0.3) is 22.4 Å². The standard InChI is InChI=1S/C20H14ClN3O2S/c21-19-5-4-18(27-19)20(25)23-12-16-11-17(24-26-16)15-3-1-2-14(10-15)13-6-8-22-9-7-13/h1-11H,12H2,(H,23,25). The van der Waals surface area contributed by atoms with Gasteiger partial charge in [0.2, 0.25) is 0 Å². The number of hydrogen-bond donors (Lipinski definition) is 1. The molecule has 1 aromatic carbocycles. The van der Waals surface area contributed by atoms with Gasteiger partial charge in [-0.2, -0.15) is 0 Å². The predicted molar refractivity (Wildman–Crippen MR) is 106 cm³/mol. The van der Waals surface area contributed by atoms with Gasteiger partial charge in [-0.15, -0.1) is 11.3 Å². The summed E-state index contributed by atoms with van der Waals surface area (Å²) in [6.45, 7) is 0.255. The molecule has 0 aliphatic rings. The fourth-order valence-electron chi connectivity index (χ4n) is 2.63. The zero-order chi connectivity index (χ0) is 18.6. The third-order valence-corrected chi connectivity index (χ3v) is 5.18. The Labute approximate surface area is 164 Å². The maximum atomic E-state index is 12.1. The average Bonchev–Trinajstić information content (AvgIpc) is 3.36. The SMILES string of the molecule is O=C(NCc1cc(-c2cccc(-c3ccncc3)c2)no1)c1ccc(Cl)s1. The largest absolute Gasteiger partial charge is 0.359 e. The first kappa shape index (κ1) is 17.5. The van der Waals surface area contributed by atoms with E-state index in [9.17, 15) is 4.79 Å². The molecule has 134 valence electrons. The number of pyridine rings is 1. The van der Waals surface area contributed by atoms with Gasteiger partial charge in [-0.05, 0) is 41.5 Å². The Balaban J connectivity index is 1.47. The number of benzene rings is 1. The van der Waals surface area contributed by atoms with E-state index in [0.29, 0.717) is 20.7 Å². The lowest BCUT2D eigenvalue weighted by molar-refractivity contribution is 0.0951. The van der Waals surface area contributed by atoms with Gasteiger partial charge in [0.15, 0.2) is 5.76 Å². The summed E-state index contributed by atoms with van der Waals surface area (Å²) in [6, 6.07) is 17.2. The Morgan fingerprint density at radius 1 is 1.04 bits per heavy atom. The van der Waals surface area contributed by atoms with Gasteiger partial charge in [0.05, 0.1) is 15.8 Å². The summed E-state index contributed by atoms with van der Waals surface area (Å²) in [5, 5.41) is 6.92. The van der Waals surface area contributed by atoms with Gasteiger partial charge in [-0.1, -0.05) is 35.0 Å². The minimum absolute atomic E-state index is 0.190. The monoisotopic (exact) mass is 395 g/mol. The minimum Gasteiger partial charge on any atom is -0.359 e. The zero-order valence-corrected chi connectivity index (χ0v) is 15.6. The third kappa shape index (κ3) is 4.07. The number of rotatable bonds is 5. The van der Waals surface area contributed by atoms with Crippen molar-refractivity contribution in [2.45, 2.75) is 6.54 Å². The molecular weight excluding hydrogens is 382 g/mol. The maximum Gasteiger partial charge on any atom is 0.261 e. The molecule has 0 radical (unpaired) electrons. The summed E-state index contributed by atoms with van der Waals surface area (Å²) in [6.07, 6.45) is 3.53. The van der Waals surface area contributed by atoms with Gasteiger partial charge in [0, 0.05) is 24.0 Å². The van der Waals surface area contributed by atoms with Gasteiger partial charge in [0.1, 0.15) is 5.69 Å². The highest BCUT2D eigenvalue weighted by Crippen LogP contribution is 2.26. The first-order chi connectivity index (χ1) is 13.2. The van der Waals surface area contributed by atoms with Crippen LogP contribution in [0.1, 0.15) is 15.4 Å². The number of thiophene rings is 1. The van der Waals surface area contributed by atoms with Crippen molar-refractivity contribution in [1.82, 2.24) is 15.5 Å². The van der Waals surface area contributed by atoms with Crippen molar-refractivity contribution in [1.29, 1.82) is 0 Å². The number of amides is 1. The normalized spacial score (nSPS) is 10.7. The van der Waals surface area contributed by atoms with Crippen molar-refractivity contribution >= 4 is 28.8 Å². The summed E-state index contributed by atoms with van der Waals surface area (Å²) < 4.78 is 5.94. The maximum absolute atomic E-state index is 12.1. The number of nitrogens with zero attached hydrogens (tertiary/aromatic N) is 2. The Hall–Kier alpha value is -2.96. The van der Waals surface area contributed by atoms with Gasteiger partial charge in [-0.25, -0.2) is 0 Å².